The zero-order chi connectivity index (χ0) is 48.7. The molecule has 0 radical (unpaired) electrons. The van der Waals surface area contributed by atoms with Crippen LogP contribution in [0.4, 0.5) is 17.1 Å². The molecular formula is C71H46N2S. The standard InChI is InChI=1S/C71H46N2S/c1-6-20-47(21-7-1)49-34-37-54(38-35-49)72(56-39-42-58-57-30-18-19-33-63(57)71(64(58)46-56,51-24-10-3-11-25-51)52-26-12-4-13-27-52)55-40-43-66-62(45-55)67-59-31-16-17-32-60(59)69-68(70(67)74-66)61-41-36-50(48-22-8-2-9-23-48)44-65(61)73(69)53-28-14-5-15-29-53/h1-46H. The number of hydrogen-bond donors (Lipinski definition) is 0. The van der Waals surface area contributed by atoms with Crippen molar-refractivity contribution in [1.82, 2.24) is 4.57 Å². The van der Waals surface area contributed by atoms with Crippen LogP contribution in [0, 0.1) is 0 Å². The average molecular weight is 959 g/mol. The third kappa shape index (κ3) is 6.37. The van der Waals surface area contributed by atoms with Crippen LogP contribution in [0.5, 0.6) is 0 Å². The summed E-state index contributed by atoms with van der Waals surface area (Å²) in [6.07, 6.45) is 0. The Kier molecular flexibility index (Phi) is 9.70. The molecule has 1 aliphatic rings. The normalized spacial score (nSPS) is 12.7. The van der Waals surface area contributed by atoms with Gasteiger partial charge in [-0.2, -0.15) is 0 Å². The lowest BCUT2D eigenvalue weighted by Gasteiger charge is -2.35. The minimum absolute atomic E-state index is 0.536. The molecule has 2 heterocycles. The molecule has 3 heteroatoms. The summed E-state index contributed by atoms with van der Waals surface area (Å²) in [7, 11) is 0. The lowest BCUT2D eigenvalue weighted by molar-refractivity contribution is 0.768. The van der Waals surface area contributed by atoms with Crippen molar-refractivity contribution in [2.24, 2.45) is 0 Å². The van der Waals surface area contributed by atoms with E-state index < -0.39 is 5.41 Å². The number of benzene rings is 12. The first-order valence-electron chi connectivity index (χ1n) is 25.5. The van der Waals surface area contributed by atoms with Gasteiger partial charge in [0.15, 0.2) is 0 Å². The van der Waals surface area contributed by atoms with E-state index in [2.05, 4.69) is 289 Å². The third-order valence-electron chi connectivity index (χ3n) is 15.6. The van der Waals surface area contributed by atoms with Crippen molar-refractivity contribution in [2.75, 3.05) is 4.90 Å². The number of aromatic nitrogens is 1. The third-order valence-corrected chi connectivity index (χ3v) is 16.8. The van der Waals surface area contributed by atoms with Gasteiger partial charge in [0, 0.05) is 59.1 Å². The number of thiophene rings is 1. The Morgan fingerprint density at radius 3 is 1.57 bits per heavy atom. The van der Waals surface area contributed by atoms with Gasteiger partial charge in [-0.1, -0.05) is 218 Å². The number of nitrogens with zero attached hydrogens (tertiary/aromatic N) is 2. The first-order valence-corrected chi connectivity index (χ1v) is 26.3. The van der Waals surface area contributed by atoms with Crippen LogP contribution in [0.1, 0.15) is 22.3 Å². The van der Waals surface area contributed by atoms with E-state index in [1.54, 1.807) is 0 Å². The molecule has 74 heavy (non-hydrogen) atoms. The molecule has 2 nitrogen and oxygen atoms in total. The number of anilines is 3. The van der Waals surface area contributed by atoms with Crippen LogP contribution in [0.25, 0.3) is 91.8 Å². The van der Waals surface area contributed by atoms with Crippen LogP contribution in [-0.4, -0.2) is 4.57 Å². The Bertz CT molecular complexity index is 4410. The Morgan fingerprint density at radius 2 is 0.865 bits per heavy atom. The SMILES string of the molecule is c1ccc(-c2ccc(N(c3ccc4c(c3)C(c3ccccc3)(c3ccccc3)c3ccccc3-4)c3ccc4sc5c(c4c3)c3ccccc3c3c5c4ccc(-c5ccccc5)cc4n3-c3ccccc3)cc2)cc1. The predicted octanol–water partition coefficient (Wildman–Crippen LogP) is 19.5. The summed E-state index contributed by atoms with van der Waals surface area (Å²) in [5, 5.41) is 7.60. The molecule has 0 spiro atoms. The zero-order valence-corrected chi connectivity index (χ0v) is 41.2. The van der Waals surface area contributed by atoms with Gasteiger partial charge >= 0.3 is 0 Å². The van der Waals surface area contributed by atoms with Crippen LogP contribution in [-0.2, 0) is 5.41 Å². The highest BCUT2D eigenvalue weighted by molar-refractivity contribution is 7.27. The van der Waals surface area contributed by atoms with E-state index in [-0.39, 0.29) is 0 Å². The topological polar surface area (TPSA) is 8.17 Å². The quantitative estimate of drug-likeness (QED) is 0.147. The largest absolute Gasteiger partial charge is 0.310 e. The fourth-order valence-electron chi connectivity index (χ4n) is 12.5. The van der Waals surface area contributed by atoms with Crippen LogP contribution >= 0.6 is 11.3 Å². The first-order chi connectivity index (χ1) is 36.7. The molecule has 2 aromatic heterocycles. The number of rotatable bonds is 8. The molecule has 0 N–H and O–H groups in total. The molecule has 0 saturated heterocycles. The number of para-hydroxylation sites is 1. The van der Waals surface area contributed by atoms with E-state index in [9.17, 15) is 0 Å². The van der Waals surface area contributed by atoms with Gasteiger partial charge in [0.2, 0.25) is 0 Å². The van der Waals surface area contributed by atoms with Crippen molar-refractivity contribution in [3.8, 4) is 39.1 Å². The lowest BCUT2D eigenvalue weighted by atomic mass is 9.67. The van der Waals surface area contributed by atoms with Crippen molar-refractivity contribution in [2.45, 2.75) is 5.41 Å². The van der Waals surface area contributed by atoms with E-state index in [0.717, 1.165) is 22.7 Å². The summed E-state index contributed by atoms with van der Waals surface area (Å²) in [6.45, 7) is 0. The van der Waals surface area contributed by atoms with Gasteiger partial charge in [0.05, 0.1) is 16.4 Å². The summed E-state index contributed by atoms with van der Waals surface area (Å²) in [6, 6.07) is 103. The Morgan fingerprint density at radius 1 is 0.338 bits per heavy atom. The second kappa shape index (κ2) is 16.9. The first kappa shape index (κ1) is 42.4. The predicted molar refractivity (Wildman–Crippen MR) is 314 cm³/mol. The highest BCUT2D eigenvalue weighted by atomic mass is 32.1. The summed E-state index contributed by atoms with van der Waals surface area (Å²) in [5.41, 5.74) is 18.8. The van der Waals surface area contributed by atoms with E-state index in [0.29, 0.717) is 0 Å². The molecular weight excluding hydrogens is 913 g/mol. The van der Waals surface area contributed by atoms with Gasteiger partial charge in [0.1, 0.15) is 0 Å². The van der Waals surface area contributed by atoms with Gasteiger partial charge in [-0.15, -0.1) is 11.3 Å². The second-order valence-corrected chi connectivity index (χ2v) is 20.6. The van der Waals surface area contributed by atoms with Crippen molar-refractivity contribution in [3.05, 3.63) is 301 Å². The van der Waals surface area contributed by atoms with Crippen LogP contribution in [0.15, 0.2) is 279 Å². The van der Waals surface area contributed by atoms with Gasteiger partial charge in [-0.25, -0.2) is 0 Å². The monoisotopic (exact) mass is 958 g/mol. The van der Waals surface area contributed by atoms with E-state index >= 15 is 0 Å². The van der Waals surface area contributed by atoms with Crippen molar-refractivity contribution < 1.29 is 0 Å². The highest BCUT2D eigenvalue weighted by Crippen LogP contribution is 2.58. The van der Waals surface area contributed by atoms with Crippen LogP contribution in [0.3, 0.4) is 0 Å². The molecule has 0 atom stereocenters. The fourth-order valence-corrected chi connectivity index (χ4v) is 13.7. The maximum absolute atomic E-state index is 2.51. The van der Waals surface area contributed by atoms with Crippen molar-refractivity contribution in [3.63, 3.8) is 0 Å². The lowest BCUT2D eigenvalue weighted by Crippen LogP contribution is -2.28. The molecule has 12 aromatic carbocycles. The van der Waals surface area contributed by atoms with Crippen LogP contribution < -0.4 is 4.90 Å². The van der Waals surface area contributed by atoms with E-state index in [4.69, 9.17) is 0 Å². The maximum Gasteiger partial charge on any atom is 0.0714 e. The fraction of sp³-hybridized carbons (Fsp3) is 0.0141. The van der Waals surface area contributed by atoms with Gasteiger partial charge < -0.3 is 9.47 Å². The highest BCUT2D eigenvalue weighted by Gasteiger charge is 2.46. The maximum atomic E-state index is 2.51. The van der Waals surface area contributed by atoms with Crippen molar-refractivity contribution >= 4 is 81.1 Å². The summed E-state index contributed by atoms with van der Waals surface area (Å²) in [5.74, 6) is 0. The van der Waals surface area contributed by atoms with E-state index in [1.165, 1.54) is 108 Å². The Balaban J connectivity index is 0.996. The molecule has 0 bridgehead atoms. The molecule has 0 fully saturated rings. The number of fused-ring (bicyclic) bond motifs is 13. The zero-order valence-electron chi connectivity index (χ0n) is 40.4. The summed E-state index contributed by atoms with van der Waals surface area (Å²) >= 11 is 1.91. The minimum atomic E-state index is -0.536. The molecule has 0 unspecified atom stereocenters. The summed E-state index contributed by atoms with van der Waals surface area (Å²) < 4.78 is 5.08. The molecule has 0 aliphatic heterocycles. The van der Waals surface area contributed by atoms with E-state index in [1.807, 2.05) is 11.3 Å². The molecule has 0 saturated carbocycles. The molecule has 14 aromatic rings. The average Bonchev–Trinajstić information content (AvgIpc) is 4.22. The summed E-state index contributed by atoms with van der Waals surface area (Å²) in [4.78, 5) is 2.48. The second-order valence-electron chi connectivity index (χ2n) is 19.5. The number of hydrogen-bond acceptors (Lipinski definition) is 2. The Labute approximate surface area is 433 Å². The van der Waals surface area contributed by atoms with Crippen molar-refractivity contribution in [1.29, 1.82) is 0 Å². The molecule has 0 amide bonds. The van der Waals surface area contributed by atoms with Crippen LogP contribution in [0.2, 0.25) is 0 Å². The van der Waals surface area contributed by atoms with Gasteiger partial charge in [0.25, 0.3) is 0 Å². The van der Waals surface area contributed by atoms with Gasteiger partial charge in [-0.3, -0.25) is 0 Å². The molecule has 1 aliphatic carbocycles. The molecule has 15 rings (SSSR count). The Hall–Kier alpha value is -9.28. The smallest absolute Gasteiger partial charge is 0.0714 e. The molecule has 346 valence electrons. The van der Waals surface area contributed by atoms with Gasteiger partial charge in [-0.05, 0) is 122 Å². The minimum Gasteiger partial charge on any atom is -0.310 e.